The lowest BCUT2D eigenvalue weighted by atomic mass is 9.88. The van der Waals surface area contributed by atoms with Crippen LogP contribution in [0.4, 0.5) is 23.2 Å². The van der Waals surface area contributed by atoms with Crippen LogP contribution >= 0.6 is 0 Å². The summed E-state index contributed by atoms with van der Waals surface area (Å²) < 4.78 is 72.2. The van der Waals surface area contributed by atoms with Gasteiger partial charge in [-0.15, -0.1) is 0 Å². The number of carboxylic acids is 1. The predicted octanol–water partition coefficient (Wildman–Crippen LogP) is 4.99. The molecular weight excluding hydrogens is 516 g/mol. The second-order valence-corrected chi connectivity index (χ2v) is 10.9. The molecule has 202 valence electrons. The van der Waals surface area contributed by atoms with Gasteiger partial charge in [-0.25, -0.2) is 17.6 Å². The molecular formula is C25H28F4N2O5S. The molecule has 4 rings (SSSR count). The summed E-state index contributed by atoms with van der Waals surface area (Å²) in [7, 11) is -3.80. The Morgan fingerprint density at radius 2 is 1.49 bits per heavy atom. The fourth-order valence-electron chi connectivity index (χ4n) is 4.25. The number of carbonyl (C=O) groups excluding carboxylic acids is 1. The highest BCUT2D eigenvalue weighted by Crippen LogP contribution is 2.48. The van der Waals surface area contributed by atoms with Crippen molar-refractivity contribution in [1.29, 1.82) is 0 Å². The lowest BCUT2D eigenvalue weighted by molar-refractivity contribution is -0.192. The highest BCUT2D eigenvalue weighted by molar-refractivity contribution is 7.92. The maximum atomic E-state index is 13.0. The maximum absolute atomic E-state index is 13.0. The third-order valence-electron chi connectivity index (χ3n) is 6.52. The largest absolute Gasteiger partial charge is 0.490 e. The molecule has 2 aromatic rings. The molecule has 0 spiro atoms. The van der Waals surface area contributed by atoms with Crippen LogP contribution < -0.4 is 10.0 Å². The van der Waals surface area contributed by atoms with Crippen molar-refractivity contribution in [3.05, 3.63) is 59.9 Å². The van der Waals surface area contributed by atoms with Gasteiger partial charge in [0.1, 0.15) is 5.82 Å². The average molecular weight is 545 g/mol. The van der Waals surface area contributed by atoms with Crippen LogP contribution in [0.3, 0.4) is 0 Å². The Kier molecular flexibility index (Phi) is 8.83. The fraction of sp³-hybridized carbons (Fsp3) is 0.440. The molecule has 2 saturated carbocycles. The minimum atomic E-state index is -5.08. The third-order valence-corrected chi connectivity index (χ3v) is 7.91. The van der Waals surface area contributed by atoms with Gasteiger partial charge in [-0.05, 0) is 73.6 Å². The van der Waals surface area contributed by atoms with Gasteiger partial charge in [0.25, 0.3) is 10.0 Å². The number of amides is 1. The van der Waals surface area contributed by atoms with E-state index in [9.17, 15) is 30.8 Å². The molecule has 1 amide bonds. The van der Waals surface area contributed by atoms with E-state index in [-0.39, 0.29) is 10.8 Å². The van der Waals surface area contributed by atoms with E-state index in [1.54, 1.807) is 12.1 Å². The number of anilines is 1. The Hall–Kier alpha value is -3.15. The molecule has 0 unspecified atom stereocenters. The molecule has 2 fully saturated rings. The SMILES string of the molecule is O=C(NCC1CCCCC1)C1(c2ccc(NS(=O)(=O)c3ccc(F)cc3)cc2)CC1.O=C(O)C(F)(F)F. The summed E-state index contributed by atoms with van der Waals surface area (Å²) in [6.07, 6.45) is 2.72. The first-order chi connectivity index (χ1) is 17.3. The minimum absolute atomic E-state index is 0.00581. The molecule has 0 heterocycles. The molecule has 0 saturated heterocycles. The number of carboxylic acid groups (broad SMARTS) is 1. The number of hydrogen-bond donors (Lipinski definition) is 3. The van der Waals surface area contributed by atoms with E-state index in [0.717, 1.165) is 37.1 Å². The number of aliphatic carboxylic acids is 1. The Morgan fingerprint density at radius 3 is 1.97 bits per heavy atom. The molecule has 7 nitrogen and oxygen atoms in total. The van der Waals surface area contributed by atoms with Crippen LogP contribution in [0, 0.1) is 11.7 Å². The highest BCUT2D eigenvalue weighted by atomic mass is 32.2. The monoisotopic (exact) mass is 544 g/mol. The van der Waals surface area contributed by atoms with Gasteiger partial charge < -0.3 is 10.4 Å². The van der Waals surface area contributed by atoms with Crippen LogP contribution in [-0.4, -0.2) is 38.1 Å². The number of sulfonamides is 1. The molecule has 0 bridgehead atoms. The highest BCUT2D eigenvalue weighted by Gasteiger charge is 2.51. The van der Waals surface area contributed by atoms with Gasteiger partial charge >= 0.3 is 12.1 Å². The zero-order chi connectivity index (χ0) is 27.3. The Morgan fingerprint density at radius 1 is 0.946 bits per heavy atom. The van der Waals surface area contributed by atoms with Crippen molar-refractivity contribution in [2.45, 2.75) is 61.4 Å². The molecule has 12 heteroatoms. The first kappa shape index (κ1) is 28.4. The number of benzene rings is 2. The molecule has 0 aliphatic heterocycles. The van der Waals surface area contributed by atoms with Crippen molar-refractivity contribution in [1.82, 2.24) is 5.32 Å². The summed E-state index contributed by atoms with van der Waals surface area (Å²) in [5.74, 6) is -2.59. The number of hydrogen-bond acceptors (Lipinski definition) is 4. The first-order valence-corrected chi connectivity index (χ1v) is 13.3. The summed E-state index contributed by atoms with van der Waals surface area (Å²) in [4.78, 5) is 21.7. The van der Waals surface area contributed by atoms with Crippen LogP contribution in [0.5, 0.6) is 0 Å². The van der Waals surface area contributed by atoms with E-state index in [1.165, 1.54) is 44.2 Å². The summed E-state index contributed by atoms with van der Waals surface area (Å²) in [6.45, 7) is 0.746. The molecule has 2 aromatic carbocycles. The first-order valence-electron chi connectivity index (χ1n) is 11.8. The standard InChI is InChI=1S/C23H27FN2O3S.C2HF3O2/c24-19-8-12-21(13-9-19)30(28,29)26-20-10-6-18(7-11-20)23(14-15-23)22(27)25-16-17-4-2-1-3-5-17;3-2(4,5)1(6)7/h6-13,17,26H,1-5,14-16H2,(H,25,27);(H,6,7). The lowest BCUT2D eigenvalue weighted by Crippen LogP contribution is -2.38. The van der Waals surface area contributed by atoms with E-state index < -0.39 is 33.4 Å². The van der Waals surface area contributed by atoms with Crippen molar-refractivity contribution in [3.8, 4) is 0 Å². The van der Waals surface area contributed by atoms with E-state index in [2.05, 4.69) is 10.0 Å². The second-order valence-electron chi connectivity index (χ2n) is 9.24. The van der Waals surface area contributed by atoms with Gasteiger partial charge in [0.2, 0.25) is 5.91 Å². The smallest absolute Gasteiger partial charge is 0.475 e. The van der Waals surface area contributed by atoms with Gasteiger partial charge in [-0.2, -0.15) is 13.2 Å². The number of nitrogens with one attached hydrogen (secondary N) is 2. The van der Waals surface area contributed by atoms with Crippen LogP contribution in [0.25, 0.3) is 0 Å². The predicted molar refractivity (Wildman–Crippen MR) is 128 cm³/mol. The molecule has 3 N–H and O–H groups in total. The molecule has 2 aliphatic rings. The van der Waals surface area contributed by atoms with Gasteiger partial charge in [0, 0.05) is 12.2 Å². The molecule has 0 radical (unpaired) electrons. The van der Waals surface area contributed by atoms with Gasteiger partial charge in [-0.3, -0.25) is 9.52 Å². The summed E-state index contributed by atoms with van der Waals surface area (Å²) in [5.41, 5.74) is 0.832. The van der Waals surface area contributed by atoms with Crippen LogP contribution in [0.15, 0.2) is 53.4 Å². The van der Waals surface area contributed by atoms with E-state index in [0.29, 0.717) is 11.6 Å². The number of rotatable bonds is 7. The molecule has 37 heavy (non-hydrogen) atoms. The average Bonchev–Trinajstić information content (AvgIpc) is 3.66. The van der Waals surface area contributed by atoms with Crippen molar-refractivity contribution >= 4 is 27.6 Å². The quantitative estimate of drug-likeness (QED) is 0.426. The Bertz CT molecular complexity index is 1190. The van der Waals surface area contributed by atoms with E-state index in [4.69, 9.17) is 9.90 Å². The maximum Gasteiger partial charge on any atom is 0.490 e. The van der Waals surface area contributed by atoms with Crippen molar-refractivity contribution < 1.29 is 40.7 Å². The fourth-order valence-corrected chi connectivity index (χ4v) is 5.31. The molecule has 0 aromatic heterocycles. The van der Waals surface area contributed by atoms with Crippen LogP contribution in [0.1, 0.15) is 50.5 Å². The van der Waals surface area contributed by atoms with Crippen molar-refractivity contribution in [2.75, 3.05) is 11.3 Å². The van der Waals surface area contributed by atoms with Crippen molar-refractivity contribution in [2.24, 2.45) is 5.92 Å². The zero-order valence-corrected chi connectivity index (χ0v) is 20.7. The van der Waals surface area contributed by atoms with Crippen LogP contribution in [0.2, 0.25) is 0 Å². The number of alkyl halides is 3. The van der Waals surface area contributed by atoms with Crippen molar-refractivity contribution in [3.63, 3.8) is 0 Å². The summed E-state index contributed by atoms with van der Waals surface area (Å²) in [6, 6.07) is 11.6. The third kappa shape index (κ3) is 7.67. The normalized spacial score (nSPS) is 17.2. The lowest BCUT2D eigenvalue weighted by Gasteiger charge is -2.23. The second kappa shape index (κ2) is 11.5. The number of carbonyl (C=O) groups is 2. The van der Waals surface area contributed by atoms with E-state index in [1.807, 2.05) is 12.1 Å². The molecule has 0 atom stereocenters. The number of halogens is 4. The topological polar surface area (TPSA) is 113 Å². The summed E-state index contributed by atoms with van der Waals surface area (Å²) in [5, 5.41) is 10.3. The Balaban J connectivity index is 0.000000479. The van der Waals surface area contributed by atoms with E-state index >= 15 is 0 Å². The van der Waals surface area contributed by atoms with Gasteiger partial charge in [0.15, 0.2) is 0 Å². The van der Waals surface area contributed by atoms with Gasteiger partial charge in [-0.1, -0.05) is 31.4 Å². The Labute approximate surface area is 212 Å². The summed E-state index contributed by atoms with van der Waals surface area (Å²) >= 11 is 0. The molecule has 2 aliphatic carbocycles. The van der Waals surface area contributed by atoms with Gasteiger partial charge in [0.05, 0.1) is 10.3 Å². The zero-order valence-electron chi connectivity index (χ0n) is 19.9. The minimum Gasteiger partial charge on any atom is -0.475 e. The van der Waals surface area contributed by atoms with Crippen LogP contribution in [-0.2, 0) is 25.0 Å².